The van der Waals surface area contributed by atoms with E-state index in [4.69, 9.17) is 16.9 Å². The summed E-state index contributed by atoms with van der Waals surface area (Å²) in [4.78, 5) is 12.1. The first-order chi connectivity index (χ1) is 9.49. The van der Waals surface area contributed by atoms with Gasteiger partial charge in [-0.05, 0) is 42.8 Å². The van der Waals surface area contributed by atoms with Gasteiger partial charge in [-0.3, -0.25) is 4.79 Å². The van der Waals surface area contributed by atoms with E-state index in [1.165, 1.54) is 18.2 Å². The van der Waals surface area contributed by atoms with Crippen LogP contribution in [0.25, 0.3) is 0 Å². The number of halogens is 1. The second-order valence-electron chi connectivity index (χ2n) is 4.30. The van der Waals surface area contributed by atoms with Crippen LogP contribution >= 0.6 is 11.6 Å². The third kappa shape index (κ3) is 3.08. The number of nitrogens with zero attached hydrogens (tertiary/aromatic N) is 1. The third-order valence-corrected chi connectivity index (χ3v) is 3.15. The van der Waals surface area contributed by atoms with Gasteiger partial charge in [0.2, 0.25) is 0 Å². The van der Waals surface area contributed by atoms with Gasteiger partial charge in [0, 0.05) is 16.3 Å². The van der Waals surface area contributed by atoms with Gasteiger partial charge in [-0.25, -0.2) is 0 Å². The van der Waals surface area contributed by atoms with Gasteiger partial charge in [0.25, 0.3) is 5.91 Å². The predicted molar refractivity (Wildman–Crippen MR) is 77.0 cm³/mol. The number of phenolic OH excluding ortho intramolecular Hbond substituents is 1. The van der Waals surface area contributed by atoms with Crippen LogP contribution in [0, 0.1) is 18.3 Å². The Balaban J connectivity index is 2.26. The smallest absolute Gasteiger partial charge is 0.255 e. The monoisotopic (exact) mass is 286 g/mol. The molecule has 0 bridgehead atoms. The molecule has 4 nitrogen and oxygen atoms in total. The van der Waals surface area contributed by atoms with Gasteiger partial charge in [-0.1, -0.05) is 17.7 Å². The molecule has 0 aromatic heterocycles. The van der Waals surface area contributed by atoms with Crippen molar-refractivity contribution in [3.05, 3.63) is 58.1 Å². The molecular weight excluding hydrogens is 276 g/mol. The first kappa shape index (κ1) is 13.9. The molecule has 0 atom stereocenters. The van der Waals surface area contributed by atoms with E-state index in [0.717, 1.165) is 5.56 Å². The molecule has 0 aliphatic heterocycles. The molecule has 0 spiro atoms. The summed E-state index contributed by atoms with van der Waals surface area (Å²) >= 11 is 5.98. The topological polar surface area (TPSA) is 73.1 Å². The summed E-state index contributed by atoms with van der Waals surface area (Å²) < 4.78 is 0. The Hall–Kier alpha value is -2.51. The number of nitrogens with one attached hydrogen (secondary N) is 1. The highest BCUT2D eigenvalue weighted by molar-refractivity contribution is 6.31. The Morgan fingerprint density at radius 1 is 1.30 bits per heavy atom. The number of aromatic hydroxyl groups is 1. The van der Waals surface area contributed by atoms with Gasteiger partial charge in [-0.15, -0.1) is 0 Å². The minimum absolute atomic E-state index is 0.129. The quantitative estimate of drug-likeness (QED) is 0.887. The van der Waals surface area contributed by atoms with Crippen molar-refractivity contribution in [2.24, 2.45) is 0 Å². The van der Waals surface area contributed by atoms with Gasteiger partial charge >= 0.3 is 0 Å². The molecule has 5 heteroatoms. The third-order valence-electron chi connectivity index (χ3n) is 2.74. The minimum Gasteiger partial charge on any atom is -0.508 e. The Morgan fingerprint density at radius 3 is 2.70 bits per heavy atom. The molecular formula is C15H11ClN2O2. The standard InChI is InChI=1S/C15H11ClN2O2/c1-9-2-3-12(7-14(9)16)18-15(20)11-4-10(8-17)5-13(19)6-11/h2-7,19H,1H3,(H,18,20). The predicted octanol–water partition coefficient (Wildman–Crippen LogP) is 3.48. The van der Waals surface area contributed by atoms with Crippen molar-refractivity contribution in [1.82, 2.24) is 0 Å². The van der Waals surface area contributed by atoms with Crippen molar-refractivity contribution in [2.45, 2.75) is 6.92 Å². The molecule has 2 aromatic rings. The van der Waals surface area contributed by atoms with Gasteiger partial charge in [0.1, 0.15) is 5.75 Å². The number of carbonyl (C=O) groups is 1. The van der Waals surface area contributed by atoms with Crippen molar-refractivity contribution in [3.8, 4) is 11.8 Å². The largest absolute Gasteiger partial charge is 0.508 e. The zero-order chi connectivity index (χ0) is 14.7. The second-order valence-corrected chi connectivity index (χ2v) is 4.71. The normalized spacial score (nSPS) is 9.85. The second kappa shape index (κ2) is 5.64. The highest BCUT2D eigenvalue weighted by Gasteiger charge is 2.09. The lowest BCUT2D eigenvalue weighted by molar-refractivity contribution is 0.102. The average molecular weight is 287 g/mol. The molecule has 0 saturated heterocycles. The van der Waals surface area contributed by atoms with E-state index in [9.17, 15) is 9.90 Å². The lowest BCUT2D eigenvalue weighted by Crippen LogP contribution is -2.12. The highest BCUT2D eigenvalue weighted by atomic mass is 35.5. The number of anilines is 1. The molecule has 2 aromatic carbocycles. The van der Waals surface area contributed by atoms with Crippen LogP contribution in [0.5, 0.6) is 5.75 Å². The Bertz CT molecular complexity index is 720. The molecule has 0 aliphatic carbocycles. The van der Waals surface area contributed by atoms with E-state index >= 15 is 0 Å². The fourth-order valence-electron chi connectivity index (χ4n) is 1.68. The van der Waals surface area contributed by atoms with E-state index in [-0.39, 0.29) is 16.9 Å². The van der Waals surface area contributed by atoms with E-state index in [1.54, 1.807) is 18.2 Å². The SMILES string of the molecule is Cc1ccc(NC(=O)c2cc(O)cc(C#N)c2)cc1Cl. The molecule has 0 saturated carbocycles. The van der Waals surface area contributed by atoms with Crippen LogP contribution < -0.4 is 5.32 Å². The molecule has 0 fully saturated rings. The number of phenols is 1. The minimum atomic E-state index is -0.419. The van der Waals surface area contributed by atoms with E-state index in [2.05, 4.69) is 5.32 Å². The van der Waals surface area contributed by atoms with Gasteiger partial charge in [0.15, 0.2) is 0 Å². The number of nitriles is 1. The summed E-state index contributed by atoms with van der Waals surface area (Å²) in [7, 11) is 0. The van der Waals surface area contributed by atoms with Crippen LogP contribution in [0.2, 0.25) is 5.02 Å². The number of benzene rings is 2. The van der Waals surface area contributed by atoms with Gasteiger partial charge < -0.3 is 10.4 Å². The molecule has 2 N–H and O–H groups in total. The average Bonchev–Trinajstić information content (AvgIpc) is 2.42. The zero-order valence-electron chi connectivity index (χ0n) is 10.6. The van der Waals surface area contributed by atoms with Crippen LogP contribution in [-0.4, -0.2) is 11.0 Å². The number of amides is 1. The molecule has 0 aliphatic rings. The highest BCUT2D eigenvalue weighted by Crippen LogP contribution is 2.21. The number of hydrogen-bond donors (Lipinski definition) is 2. The first-order valence-electron chi connectivity index (χ1n) is 5.81. The lowest BCUT2D eigenvalue weighted by Gasteiger charge is -2.07. The summed E-state index contributed by atoms with van der Waals surface area (Å²) in [6.07, 6.45) is 0. The van der Waals surface area contributed by atoms with Crippen molar-refractivity contribution in [3.63, 3.8) is 0 Å². The van der Waals surface area contributed by atoms with Crippen molar-refractivity contribution >= 4 is 23.2 Å². The van der Waals surface area contributed by atoms with Crippen LogP contribution in [-0.2, 0) is 0 Å². The van der Waals surface area contributed by atoms with Crippen LogP contribution in [0.3, 0.4) is 0 Å². The number of aryl methyl sites for hydroxylation is 1. The summed E-state index contributed by atoms with van der Waals surface area (Å²) in [6, 6.07) is 11.0. The maximum absolute atomic E-state index is 12.1. The van der Waals surface area contributed by atoms with E-state index < -0.39 is 5.91 Å². The van der Waals surface area contributed by atoms with Crippen molar-refractivity contribution in [2.75, 3.05) is 5.32 Å². The summed E-state index contributed by atoms with van der Waals surface area (Å²) in [6.45, 7) is 1.86. The molecule has 0 unspecified atom stereocenters. The summed E-state index contributed by atoms with van der Waals surface area (Å²) in [5.74, 6) is -0.548. The molecule has 0 radical (unpaired) electrons. The number of hydrogen-bond acceptors (Lipinski definition) is 3. The van der Waals surface area contributed by atoms with Gasteiger partial charge in [-0.2, -0.15) is 5.26 Å². The maximum atomic E-state index is 12.1. The summed E-state index contributed by atoms with van der Waals surface area (Å²) in [5.41, 5.74) is 1.89. The maximum Gasteiger partial charge on any atom is 0.255 e. The van der Waals surface area contributed by atoms with E-state index in [0.29, 0.717) is 10.7 Å². The van der Waals surface area contributed by atoms with Crippen molar-refractivity contribution in [1.29, 1.82) is 5.26 Å². The first-order valence-corrected chi connectivity index (χ1v) is 6.19. The zero-order valence-corrected chi connectivity index (χ0v) is 11.4. The number of rotatable bonds is 2. The Labute approximate surface area is 121 Å². The van der Waals surface area contributed by atoms with E-state index in [1.807, 2.05) is 13.0 Å². The van der Waals surface area contributed by atoms with Crippen LogP contribution in [0.4, 0.5) is 5.69 Å². The molecule has 20 heavy (non-hydrogen) atoms. The van der Waals surface area contributed by atoms with Gasteiger partial charge in [0.05, 0.1) is 11.6 Å². The molecule has 1 amide bonds. The molecule has 0 heterocycles. The lowest BCUT2D eigenvalue weighted by atomic mass is 10.1. The Morgan fingerprint density at radius 2 is 2.05 bits per heavy atom. The Kier molecular flexibility index (Phi) is 3.92. The molecule has 2 rings (SSSR count). The fraction of sp³-hybridized carbons (Fsp3) is 0.0667. The molecule has 100 valence electrons. The van der Waals surface area contributed by atoms with Crippen LogP contribution in [0.15, 0.2) is 36.4 Å². The summed E-state index contributed by atoms with van der Waals surface area (Å²) in [5, 5.41) is 21.5. The van der Waals surface area contributed by atoms with Crippen LogP contribution in [0.1, 0.15) is 21.5 Å². The van der Waals surface area contributed by atoms with Crippen molar-refractivity contribution < 1.29 is 9.90 Å². The fourth-order valence-corrected chi connectivity index (χ4v) is 1.86. The number of carbonyl (C=O) groups excluding carboxylic acids is 1.